The average Bonchev–Trinajstić information content (AvgIpc) is 2.93. The summed E-state index contributed by atoms with van der Waals surface area (Å²) >= 11 is 6.35. The summed E-state index contributed by atoms with van der Waals surface area (Å²) in [5.41, 5.74) is 2.38. The van der Waals surface area contributed by atoms with E-state index in [0.717, 1.165) is 24.9 Å². The Morgan fingerprint density at radius 2 is 2.11 bits per heavy atom. The summed E-state index contributed by atoms with van der Waals surface area (Å²) in [5.74, 6) is 2.52. The van der Waals surface area contributed by atoms with Crippen molar-refractivity contribution in [2.24, 2.45) is 11.8 Å². The molecule has 3 heteroatoms. The van der Waals surface area contributed by atoms with Crippen LogP contribution in [0.15, 0.2) is 24.3 Å². The first-order chi connectivity index (χ1) is 9.20. The van der Waals surface area contributed by atoms with Gasteiger partial charge in [-0.25, -0.2) is 4.98 Å². The zero-order chi connectivity index (χ0) is 13.4. The summed E-state index contributed by atoms with van der Waals surface area (Å²) in [4.78, 5) is 4.83. The summed E-state index contributed by atoms with van der Waals surface area (Å²) in [7, 11) is 0. The molecule has 102 valence electrons. The quantitative estimate of drug-likeness (QED) is 0.766. The van der Waals surface area contributed by atoms with Crippen LogP contribution in [-0.2, 0) is 13.0 Å². The standard InChI is InChI=1S/C16H21ClN2/c1-3-19-15-7-5-4-6-14(15)18-16(19)10-12-8-9-13(17)11(12)2/h4-7,11-13H,3,8-10H2,1-2H3. The highest BCUT2D eigenvalue weighted by Gasteiger charge is 2.32. The van der Waals surface area contributed by atoms with Crippen LogP contribution in [0, 0.1) is 11.8 Å². The van der Waals surface area contributed by atoms with E-state index in [2.05, 4.69) is 42.7 Å². The number of para-hydroxylation sites is 2. The van der Waals surface area contributed by atoms with E-state index in [1.54, 1.807) is 0 Å². The minimum atomic E-state index is 0.351. The van der Waals surface area contributed by atoms with E-state index in [0.29, 0.717) is 17.2 Å². The minimum absolute atomic E-state index is 0.351. The Hall–Kier alpha value is -1.02. The molecule has 0 amide bonds. The Morgan fingerprint density at radius 3 is 2.79 bits per heavy atom. The predicted octanol–water partition coefficient (Wildman–Crippen LogP) is 4.25. The van der Waals surface area contributed by atoms with Crippen molar-refractivity contribution in [3.63, 3.8) is 0 Å². The van der Waals surface area contributed by atoms with Gasteiger partial charge in [-0.2, -0.15) is 0 Å². The molecule has 0 radical (unpaired) electrons. The molecular formula is C16H21ClN2. The number of rotatable bonds is 3. The van der Waals surface area contributed by atoms with Crippen LogP contribution in [0.1, 0.15) is 32.5 Å². The Balaban J connectivity index is 1.92. The van der Waals surface area contributed by atoms with Crippen LogP contribution >= 0.6 is 11.6 Å². The molecule has 0 N–H and O–H groups in total. The number of aryl methyl sites for hydroxylation is 1. The van der Waals surface area contributed by atoms with Crippen LogP contribution < -0.4 is 0 Å². The normalized spacial score (nSPS) is 27.2. The van der Waals surface area contributed by atoms with E-state index in [1.165, 1.54) is 17.8 Å². The Labute approximate surface area is 119 Å². The third-order valence-electron chi connectivity index (χ3n) is 4.62. The van der Waals surface area contributed by atoms with Crippen molar-refractivity contribution >= 4 is 22.6 Å². The molecule has 3 atom stereocenters. The van der Waals surface area contributed by atoms with Gasteiger partial charge >= 0.3 is 0 Å². The Kier molecular flexibility index (Phi) is 3.53. The van der Waals surface area contributed by atoms with Gasteiger partial charge in [-0.1, -0.05) is 19.1 Å². The average molecular weight is 277 g/mol. The largest absolute Gasteiger partial charge is 0.328 e. The number of alkyl halides is 1. The summed E-state index contributed by atoms with van der Waals surface area (Å²) < 4.78 is 2.35. The van der Waals surface area contributed by atoms with Gasteiger partial charge in [-0.05, 0) is 43.7 Å². The first kappa shape index (κ1) is 13.0. The van der Waals surface area contributed by atoms with Crippen LogP contribution in [0.4, 0.5) is 0 Å². The number of hydrogen-bond donors (Lipinski definition) is 0. The van der Waals surface area contributed by atoms with Crippen LogP contribution in [0.5, 0.6) is 0 Å². The summed E-state index contributed by atoms with van der Waals surface area (Å²) in [6.07, 6.45) is 3.45. The van der Waals surface area contributed by atoms with Gasteiger partial charge in [0.05, 0.1) is 11.0 Å². The maximum atomic E-state index is 6.35. The monoisotopic (exact) mass is 276 g/mol. The Morgan fingerprint density at radius 1 is 1.32 bits per heavy atom. The molecule has 3 rings (SSSR count). The van der Waals surface area contributed by atoms with Gasteiger partial charge in [0, 0.05) is 18.3 Å². The molecule has 1 saturated carbocycles. The first-order valence-electron chi connectivity index (χ1n) is 7.29. The molecule has 1 aliphatic rings. The molecule has 0 bridgehead atoms. The molecular weight excluding hydrogens is 256 g/mol. The van der Waals surface area contributed by atoms with Crippen LogP contribution in [0.3, 0.4) is 0 Å². The van der Waals surface area contributed by atoms with Crippen LogP contribution in [0.2, 0.25) is 0 Å². The molecule has 0 spiro atoms. The molecule has 2 nitrogen and oxygen atoms in total. The van der Waals surface area contributed by atoms with Gasteiger partial charge in [0.15, 0.2) is 0 Å². The molecule has 1 aliphatic carbocycles. The zero-order valence-corrected chi connectivity index (χ0v) is 12.4. The predicted molar refractivity (Wildman–Crippen MR) is 80.6 cm³/mol. The number of fused-ring (bicyclic) bond motifs is 1. The molecule has 1 fully saturated rings. The molecule has 3 unspecified atom stereocenters. The van der Waals surface area contributed by atoms with Gasteiger partial charge in [0.1, 0.15) is 5.82 Å². The highest BCUT2D eigenvalue weighted by Crippen LogP contribution is 2.37. The SMILES string of the molecule is CCn1c(CC2CCC(Cl)C2C)nc2ccccc21. The molecule has 19 heavy (non-hydrogen) atoms. The van der Waals surface area contributed by atoms with Crippen molar-refractivity contribution in [2.75, 3.05) is 0 Å². The number of halogens is 1. The van der Waals surface area contributed by atoms with Crippen molar-refractivity contribution in [1.29, 1.82) is 0 Å². The van der Waals surface area contributed by atoms with Crippen molar-refractivity contribution in [3.05, 3.63) is 30.1 Å². The summed E-state index contributed by atoms with van der Waals surface area (Å²) in [5, 5.41) is 0.351. The molecule has 1 aromatic heterocycles. The van der Waals surface area contributed by atoms with E-state index in [-0.39, 0.29) is 0 Å². The highest BCUT2D eigenvalue weighted by molar-refractivity contribution is 6.20. The maximum Gasteiger partial charge on any atom is 0.110 e. The van der Waals surface area contributed by atoms with Crippen molar-refractivity contribution < 1.29 is 0 Å². The lowest BCUT2D eigenvalue weighted by Crippen LogP contribution is -2.15. The third-order valence-corrected chi connectivity index (χ3v) is 5.24. The number of imidazole rings is 1. The van der Waals surface area contributed by atoms with Gasteiger partial charge < -0.3 is 4.57 Å². The molecule has 1 heterocycles. The molecule has 1 aromatic carbocycles. The van der Waals surface area contributed by atoms with Crippen LogP contribution in [0.25, 0.3) is 11.0 Å². The molecule has 2 aromatic rings. The first-order valence-corrected chi connectivity index (χ1v) is 7.72. The number of nitrogens with zero attached hydrogens (tertiary/aromatic N) is 2. The van der Waals surface area contributed by atoms with E-state index >= 15 is 0 Å². The number of aromatic nitrogens is 2. The molecule has 0 aliphatic heterocycles. The van der Waals surface area contributed by atoms with Crippen LogP contribution in [-0.4, -0.2) is 14.9 Å². The van der Waals surface area contributed by atoms with E-state index in [4.69, 9.17) is 16.6 Å². The second-order valence-corrected chi connectivity index (χ2v) is 6.24. The van der Waals surface area contributed by atoms with Crippen molar-refractivity contribution in [3.8, 4) is 0 Å². The van der Waals surface area contributed by atoms with Crippen molar-refractivity contribution in [2.45, 2.75) is 45.0 Å². The van der Waals surface area contributed by atoms with E-state index in [9.17, 15) is 0 Å². The Bertz CT molecular complexity index is 575. The van der Waals surface area contributed by atoms with Gasteiger partial charge in [0.25, 0.3) is 0 Å². The van der Waals surface area contributed by atoms with Gasteiger partial charge in [-0.3, -0.25) is 0 Å². The topological polar surface area (TPSA) is 17.8 Å². The van der Waals surface area contributed by atoms with Gasteiger partial charge in [0.2, 0.25) is 0 Å². The number of benzene rings is 1. The summed E-state index contributed by atoms with van der Waals surface area (Å²) in [6.45, 7) is 5.47. The lowest BCUT2D eigenvalue weighted by Gasteiger charge is -2.17. The smallest absolute Gasteiger partial charge is 0.110 e. The van der Waals surface area contributed by atoms with Crippen molar-refractivity contribution in [1.82, 2.24) is 9.55 Å². The highest BCUT2D eigenvalue weighted by atomic mass is 35.5. The van der Waals surface area contributed by atoms with E-state index < -0.39 is 0 Å². The minimum Gasteiger partial charge on any atom is -0.328 e. The number of hydrogen-bond acceptors (Lipinski definition) is 1. The fraction of sp³-hybridized carbons (Fsp3) is 0.562. The lowest BCUT2D eigenvalue weighted by molar-refractivity contribution is 0.406. The van der Waals surface area contributed by atoms with Gasteiger partial charge in [-0.15, -0.1) is 11.6 Å². The fourth-order valence-corrected chi connectivity index (χ4v) is 3.68. The third kappa shape index (κ3) is 2.27. The second-order valence-electron chi connectivity index (χ2n) is 5.68. The van der Waals surface area contributed by atoms with E-state index in [1.807, 2.05) is 0 Å². The fourth-order valence-electron chi connectivity index (χ4n) is 3.35. The second kappa shape index (κ2) is 5.16. The summed E-state index contributed by atoms with van der Waals surface area (Å²) in [6, 6.07) is 8.42. The maximum absolute atomic E-state index is 6.35. The lowest BCUT2D eigenvalue weighted by atomic mass is 9.94. The zero-order valence-electron chi connectivity index (χ0n) is 11.6. The molecule has 0 saturated heterocycles.